The maximum absolute atomic E-state index is 11.2. The van der Waals surface area contributed by atoms with Crippen LogP contribution in [0.2, 0.25) is 0 Å². The van der Waals surface area contributed by atoms with Crippen molar-refractivity contribution >= 4 is 11.8 Å². The second kappa shape index (κ2) is 7.54. The maximum atomic E-state index is 11.2. The first-order valence-corrected chi connectivity index (χ1v) is 5.21. The summed E-state index contributed by atoms with van der Waals surface area (Å²) < 4.78 is 4.98. The fourth-order valence-corrected chi connectivity index (χ4v) is 1.24. The Morgan fingerprint density at radius 3 is 2.43 bits per heavy atom. The molecule has 0 aromatic carbocycles. The summed E-state index contributed by atoms with van der Waals surface area (Å²) in [6, 6.07) is 0. The second-order valence-corrected chi connectivity index (χ2v) is 3.79. The van der Waals surface area contributed by atoms with E-state index in [4.69, 9.17) is 4.74 Å². The van der Waals surface area contributed by atoms with Gasteiger partial charge in [-0.2, -0.15) is 0 Å². The Labute approximate surface area is 85.8 Å². The lowest BCUT2D eigenvalue weighted by Crippen LogP contribution is -2.12. The van der Waals surface area contributed by atoms with Gasteiger partial charge in [0, 0.05) is 12.8 Å². The fraction of sp³-hybridized carbons (Fsp3) is 0.818. The fourth-order valence-electron chi connectivity index (χ4n) is 1.24. The van der Waals surface area contributed by atoms with Gasteiger partial charge in [-0.05, 0) is 19.3 Å². The van der Waals surface area contributed by atoms with Crippen LogP contribution in [0.3, 0.4) is 0 Å². The Bertz CT molecular complexity index is 187. The van der Waals surface area contributed by atoms with Crippen molar-refractivity contribution in [1.82, 2.24) is 0 Å². The van der Waals surface area contributed by atoms with E-state index in [1.807, 2.05) is 13.8 Å². The van der Waals surface area contributed by atoms with Gasteiger partial charge in [-0.15, -0.1) is 0 Å². The van der Waals surface area contributed by atoms with Crippen molar-refractivity contribution in [2.45, 2.75) is 46.5 Å². The van der Waals surface area contributed by atoms with Crippen molar-refractivity contribution in [3.05, 3.63) is 0 Å². The van der Waals surface area contributed by atoms with Crippen molar-refractivity contribution in [3.8, 4) is 0 Å². The Balaban J connectivity index is 3.55. The molecule has 0 aliphatic carbocycles. The molecular formula is C11H20O3. The highest BCUT2D eigenvalue weighted by Crippen LogP contribution is 2.09. The highest BCUT2D eigenvalue weighted by Gasteiger charge is 2.11. The van der Waals surface area contributed by atoms with E-state index in [2.05, 4.69) is 0 Å². The van der Waals surface area contributed by atoms with Gasteiger partial charge in [0.15, 0.2) is 0 Å². The summed E-state index contributed by atoms with van der Waals surface area (Å²) in [6.07, 6.45) is 2.75. The Kier molecular flexibility index (Phi) is 7.07. The van der Waals surface area contributed by atoms with Gasteiger partial charge in [0.25, 0.3) is 0 Å². The average Bonchev–Trinajstić information content (AvgIpc) is 2.02. The molecule has 0 aromatic heterocycles. The zero-order valence-electron chi connectivity index (χ0n) is 9.34. The predicted octanol–water partition coefficient (Wildman–Crippen LogP) is 2.33. The number of hydrogen-bond donors (Lipinski definition) is 0. The van der Waals surface area contributed by atoms with Gasteiger partial charge in [0.05, 0.1) is 6.61 Å². The van der Waals surface area contributed by atoms with Crippen molar-refractivity contribution < 1.29 is 14.3 Å². The lowest BCUT2D eigenvalue weighted by Gasteiger charge is -2.08. The summed E-state index contributed by atoms with van der Waals surface area (Å²) in [6.45, 7) is 5.98. The number of rotatable bonds is 7. The SMILES string of the molecule is CCCCOC(=O)CC(C)CC(C)=O. The molecule has 1 unspecified atom stereocenters. The van der Waals surface area contributed by atoms with Crippen LogP contribution in [0.5, 0.6) is 0 Å². The average molecular weight is 200 g/mol. The summed E-state index contributed by atoms with van der Waals surface area (Å²) >= 11 is 0. The van der Waals surface area contributed by atoms with E-state index >= 15 is 0 Å². The number of ketones is 1. The lowest BCUT2D eigenvalue weighted by molar-refractivity contribution is -0.144. The summed E-state index contributed by atoms with van der Waals surface area (Å²) in [4.78, 5) is 21.9. The molecule has 3 heteroatoms. The van der Waals surface area contributed by atoms with Crippen LogP contribution in [-0.4, -0.2) is 18.4 Å². The molecule has 0 saturated heterocycles. The molecule has 0 bridgehead atoms. The minimum absolute atomic E-state index is 0.0987. The van der Waals surface area contributed by atoms with Crippen LogP contribution in [-0.2, 0) is 14.3 Å². The Morgan fingerprint density at radius 1 is 1.29 bits per heavy atom. The molecule has 0 rings (SSSR count). The van der Waals surface area contributed by atoms with E-state index in [9.17, 15) is 9.59 Å². The van der Waals surface area contributed by atoms with Crippen LogP contribution in [0.1, 0.15) is 46.5 Å². The molecular weight excluding hydrogens is 180 g/mol. The quantitative estimate of drug-likeness (QED) is 0.468. The number of unbranched alkanes of at least 4 members (excludes halogenated alkanes) is 1. The normalized spacial score (nSPS) is 12.2. The van der Waals surface area contributed by atoms with Gasteiger partial charge in [-0.1, -0.05) is 20.3 Å². The summed E-state index contributed by atoms with van der Waals surface area (Å²) in [5.74, 6) is 0.0349. The third-order valence-corrected chi connectivity index (χ3v) is 1.91. The largest absolute Gasteiger partial charge is 0.466 e. The Morgan fingerprint density at radius 2 is 1.93 bits per heavy atom. The molecule has 14 heavy (non-hydrogen) atoms. The summed E-state index contributed by atoms with van der Waals surface area (Å²) in [5.41, 5.74) is 0. The van der Waals surface area contributed by atoms with Crippen LogP contribution in [0, 0.1) is 5.92 Å². The van der Waals surface area contributed by atoms with E-state index in [1.165, 1.54) is 0 Å². The zero-order chi connectivity index (χ0) is 11.0. The molecule has 0 fully saturated rings. The predicted molar refractivity (Wildman–Crippen MR) is 54.9 cm³/mol. The van der Waals surface area contributed by atoms with Crippen LogP contribution in [0.4, 0.5) is 0 Å². The zero-order valence-corrected chi connectivity index (χ0v) is 9.34. The Hall–Kier alpha value is -0.860. The van der Waals surface area contributed by atoms with Gasteiger partial charge in [0.2, 0.25) is 0 Å². The number of ether oxygens (including phenoxy) is 1. The van der Waals surface area contributed by atoms with Gasteiger partial charge in [0.1, 0.15) is 5.78 Å². The summed E-state index contributed by atoms with van der Waals surface area (Å²) in [5, 5.41) is 0. The third kappa shape index (κ3) is 7.77. The van der Waals surface area contributed by atoms with Crippen LogP contribution in [0.15, 0.2) is 0 Å². The molecule has 0 spiro atoms. The molecule has 0 saturated carbocycles. The number of carbonyl (C=O) groups excluding carboxylic acids is 2. The highest BCUT2D eigenvalue weighted by molar-refractivity contribution is 5.77. The van der Waals surface area contributed by atoms with E-state index < -0.39 is 0 Å². The highest BCUT2D eigenvalue weighted by atomic mass is 16.5. The van der Waals surface area contributed by atoms with E-state index in [1.54, 1.807) is 6.92 Å². The van der Waals surface area contributed by atoms with Crippen LogP contribution >= 0.6 is 0 Å². The molecule has 0 aliphatic rings. The molecule has 1 atom stereocenters. The van der Waals surface area contributed by atoms with E-state index in [0.29, 0.717) is 19.4 Å². The topological polar surface area (TPSA) is 43.4 Å². The molecule has 0 aromatic rings. The van der Waals surface area contributed by atoms with E-state index in [0.717, 1.165) is 12.8 Å². The smallest absolute Gasteiger partial charge is 0.306 e. The minimum atomic E-state index is -0.188. The monoisotopic (exact) mass is 200 g/mol. The van der Waals surface area contributed by atoms with Crippen LogP contribution in [0.25, 0.3) is 0 Å². The van der Waals surface area contributed by atoms with Crippen LogP contribution < -0.4 is 0 Å². The number of Topliss-reactive ketones (excluding diaryl/α,β-unsaturated/α-hetero) is 1. The van der Waals surface area contributed by atoms with Gasteiger partial charge >= 0.3 is 5.97 Å². The number of carbonyl (C=O) groups is 2. The first kappa shape index (κ1) is 13.1. The third-order valence-electron chi connectivity index (χ3n) is 1.91. The van der Waals surface area contributed by atoms with Gasteiger partial charge < -0.3 is 9.53 Å². The molecule has 3 nitrogen and oxygen atoms in total. The minimum Gasteiger partial charge on any atom is -0.466 e. The first-order valence-electron chi connectivity index (χ1n) is 5.21. The maximum Gasteiger partial charge on any atom is 0.306 e. The summed E-state index contributed by atoms with van der Waals surface area (Å²) in [7, 11) is 0. The molecule has 0 amide bonds. The van der Waals surface area contributed by atoms with Crippen molar-refractivity contribution in [1.29, 1.82) is 0 Å². The molecule has 0 radical (unpaired) electrons. The molecule has 82 valence electrons. The number of hydrogen-bond acceptors (Lipinski definition) is 3. The lowest BCUT2D eigenvalue weighted by atomic mass is 10.0. The van der Waals surface area contributed by atoms with Crippen molar-refractivity contribution in [3.63, 3.8) is 0 Å². The van der Waals surface area contributed by atoms with Gasteiger partial charge in [-0.3, -0.25) is 4.79 Å². The van der Waals surface area contributed by atoms with Crippen molar-refractivity contribution in [2.24, 2.45) is 5.92 Å². The van der Waals surface area contributed by atoms with E-state index in [-0.39, 0.29) is 17.7 Å². The van der Waals surface area contributed by atoms with Gasteiger partial charge in [-0.25, -0.2) is 0 Å². The first-order chi connectivity index (χ1) is 6.56. The van der Waals surface area contributed by atoms with Crippen molar-refractivity contribution in [2.75, 3.05) is 6.61 Å². The standard InChI is InChI=1S/C11H20O3/c1-4-5-6-14-11(13)8-9(2)7-10(3)12/h9H,4-8H2,1-3H3. The molecule has 0 aliphatic heterocycles. The number of esters is 1. The molecule has 0 heterocycles. The second-order valence-electron chi connectivity index (χ2n) is 3.79. The molecule has 0 N–H and O–H groups in total.